The van der Waals surface area contributed by atoms with Gasteiger partial charge in [-0.15, -0.1) is 6.42 Å². The molecular weight excluding hydrogens is 154 g/mol. The quantitative estimate of drug-likeness (QED) is 0.613. The summed E-state index contributed by atoms with van der Waals surface area (Å²) in [6, 6.07) is 1.63. The van der Waals surface area contributed by atoms with E-state index in [1.807, 2.05) is 0 Å². The second-order valence-electron chi connectivity index (χ2n) is 2.23. The zero-order chi connectivity index (χ0) is 8.97. The Hall–Kier alpha value is -1.76. The minimum absolute atomic E-state index is 0.201. The van der Waals surface area contributed by atoms with Gasteiger partial charge in [0.15, 0.2) is 0 Å². The number of carbonyl (C=O) groups is 1. The summed E-state index contributed by atoms with van der Waals surface area (Å²) < 4.78 is 1.49. The molecule has 0 saturated heterocycles. The molecule has 1 aromatic heterocycles. The number of aromatic nitrogens is 2. The van der Waals surface area contributed by atoms with Gasteiger partial charge in [0.25, 0.3) is 5.91 Å². The van der Waals surface area contributed by atoms with Crippen molar-refractivity contribution < 1.29 is 4.79 Å². The lowest BCUT2D eigenvalue weighted by atomic mass is 10.4. The van der Waals surface area contributed by atoms with E-state index in [0.29, 0.717) is 5.69 Å². The van der Waals surface area contributed by atoms with Gasteiger partial charge in [0.2, 0.25) is 0 Å². The molecule has 0 bridgehead atoms. The first-order valence-corrected chi connectivity index (χ1v) is 3.45. The SMILES string of the molecule is C#CCNC(=O)c1ccnn1C. The zero-order valence-corrected chi connectivity index (χ0v) is 6.74. The van der Waals surface area contributed by atoms with Crippen LogP contribution >= 0.6 is 0 Å². The van der Waals surface area contributed by atoms with Crippen molar-refractivity contribution in [3.63, 3.8) is 0 Å². The largest absolute Gasteiger partial charge is 0.340 e. The van der Waals surface area contributed by atoms with E-state index in [1.165, 1.54) is 4.68 Å². The third-order valence-corrected chi connectivity index (χ3v) is 1.40. The van der Waals surface area contributed by atoms with Crippen molar-refractivity contribution in [2.45, 2.75) is 0 Å². The van der Waals surface area contributed by atoms with Crippen molar-refractivity contribution in [3.05, 3.63) is 18.0 Å². The van der Waals surface area contributed by atoms with Crippen molar-refractivity contribution in [2.24, 2.45) is 7.05 Å². The molecule has 1 N–H and O–H groups in total. The number of carbonyl (C=O) groups excluding carboxylic acids is 1. The van der Waals surface area contributed by atoms with Gasteiger partial charge >= 0.3 is 0 Å². The number of nitrogens with one attached hydrogen (secondary N) is 1. The van der Waals surface area contributed by atoms with Crippen LogP contribution < -0.4 is 5.32 Å². The Morgan fingerprint density at radius 2 is 2.67 bits per heavy atom. The number of amides is 1. The smallest absolute Gasteiger partial charge is 0.270 e. The van der Waals surface area contributed by atoms with Crippen LogP contribution in [0.4, 0.5) is 0 Å². The van der Waals surface area contributed by atoms with E-state index in [9.17, 15) is 4.79 Å². The topological polar surface area (TPSA) is 46.9 Å². The van der Waals surface area contributed by atoms with Crippen LogP contribution in [0.25, 0.3) is 0 Å². The fraction of sp³-hybridized carbons (Fsp3) is 0.250. The third-order valence-electron chi connectivity index (χ3n) is 1.40. The van der Waals surface area contributed by atoms with Crippen molar-refractivity contribution in [1.29, 1.82) is 0 Å². The second kappa shape index (κ2) is 3.58. The number of aryl methyl sites for hydroxylation is 1. The van der Waals surface area contributed by atoms with E-state index in [0.717, 1.165) is 0 Å². The molecule has 0 unspecified atom stereocenters. The van der Waals surface area contributed by atoms with Crippen LogP contribution in [0.5, 0.6) is 0 Å². The molecule has 0 aliphatic rings. The van der Waals surface area contributed by atoms with Gasteiger partial charge < -0.3 is 5.32 Å². The maximum absolute atomic E-state index is 11.2. The number of hydrogen-bond donors (Lipinski definition) is 1. The van der Waals surface area contributed by atoms with Gasteiger partial charge in [0.05, 0.1) is 6.54 Å². The molecule has 4 nitrogen and oxygen atoms in total. The summed E-state index contributed by atoms with van der Waals surface area (Å²) in [5, 5.41) is 6.39. The Balaban J connectivity index is 2.67. The van der Waals surface area contributed by atoms with Gasteiger partial charge in [-0.2, -0.15) is 5.10 Å². The highest BCUT2D eigenvalue weighted by atomic mass is 16.2. The molecule has 1 amide bonds. The minimum atomic E-state index is -0.201. The van der Waals surface area contributed by atoms with E-state index in [1.54, 1.807) is 19.3 Å². The summed E-state index contributed by atoms with van der Waals surface area (Å²) >= 11 is 0. The minimum Gasteiger partial charge on any atom is -0.340 e. The molecule has 0 fully saturated rings. The number of hydrogen-bond acceptors (Lipinski definition) is 2. The fourth-order valence-electron chi connectivity index (χ4n) is 0.819. The molecule has 1 heterocycles. The van der Waals surface area contributed by atoms with Gasteiger partial charge in [-0.05, 0) is 6.07 Å². The molecule has 0 saturated carbocycles. The van der Waals surface area contributed by atoms with E-state index in [2.05, 4.69) is 16.3 Å². The maximum atomic E-state index is 11.2. The molecule has 62 valence electrons. The summed E-state index contributed by atoms with van der Waals surface area (Å²) in [5.74, 6) is 2.12. The van der Waals surface area contributed by atoms with Crippen molar-refractivity contribution >= 4 is 5.91 Å². The van der Waals surface area contributed by atoms with Gasteiger partial charge in [-0.25, -0.2) is 0 Å². The molecule has 4 heteroatoms. The van der Waals surface area contributed by atoms with Crippen molar-refractivity contribution in [3.8, 4) is 12.3 Å². The molecule has 0 aliphatic heterocycles. The lowest BCUT2D eigenvalue weighted by molar-refractivity contribution is 0.0949. The van der Waals surface area contributed by atoms with Gasteiger partial charge in [-0.1, -0.05) is 5.92 Å². The molecular formula is C8H9N3O. The fourth-order valence-corrected chi connectivity index (χ4v) is 0.819. The van der Waals surface area contributed by atoms with Gasteiger partial charge in [0, 0.05) is 13.2 Å². The predicted octanol–water partition coefficient (Wildman–Crippen LogP) is -0.217. The third kappa shape index (κ3) is 1.64. The highest BCUT2D eigenvalue weighted by Gasteiger charge is 2.07. The average Bonchev–Trinajstić information content (AvgIpc) is 2.47. The highest BCUT2D eigenvalue weighted by Crippen LogP contribution is 1.94. The first-order chi connectivity index (χ1) is 5.75. The number of rotatable bonds is 2. The van der Waals surface area contributed by atoms with Gasteiger partial charge in [0.1, 0.15) is 5.69 Å². The molecule has 0 spiro atoms. The Morgan fingerprint density at radius 3 is 3.17 bits per heavy atom. The number of terminal acetylenes is 1. The van der Waals surface area contributed by atoms with Crippen LogP contribution in [0, 0.1) is 12.3 Å². The number of nitrogens with zero attached hydrogens (tertiary/aromatic N) is 2. The van der Waals surface area contributed by atoms with Crippen LogP contribution in [-0.4, -0.2) is 22.2 Å². The predicted molar refractivity (Wildman–Crippen MR) is 44.4 cm³/mol. The van der Waals surface area contributed by atoms with Crippen molar-refractivity contribution in [1.82, 2.24) is 15.1 Å². The Labute approximate surface area is 70.6 Å². The summed E-state index contributed by atoms with van der Waals surface area (Å²) in [4.78, 5) is 11.2. The van der Waals surface area contributed by atoms with E-state index < -0.39 is 0 Å². The monoisotopic (exact) mass is 163 g/mol. The molecule has 1 aromatic rings. The van der Waals surface area contributed by atoms with Crippen LogP contribution in [0.1, 0.15) is 10.5 Å². The van der Waals surface area contributed by atoms with Crippen molar-refractivity contribution in [2.75, 3.05) is 6.54 Å². The normalized spacial score (nSPS) is 9.00. The van der Waals surface area contributed by atoms with Crippen LogP contribution in [0.2, 0.25) is 0 Å². The molecule has 0 atom stereocenters. The molecule has 1 rings (SSSR count). The maximum Gasteiger partial charge on any atom is 0.270 e. The molecule has 0 radical (unpaired) electrons. The Morgan fingerprint density at radius 1 is 1.92 bits per heavy atom. The van der Waals surface area contributed by atoms with Crippen LogP contribution in [0.3, 0.4) is 0 Å². The second-order valence-corrected chi connectivity index (χ2v) is 2.23. The standard InChI is InChI=1S/C8H9N3O/c1-3-5-9-8(12)7-4-6-10-11(7)2/h1,4,6H,5H2,2H3,(H,9,12). The summed E-state index contributed by atoms with van der Waals surface area (Å²) in [7, 11) is 1.70. The lowest BCUT2D eigenvalue weighted by Crippen LogP contribution is -2.25. The molecule has 0 aliphatic carbocycles. The molecule has 0 aromatic carbocycles. The van der Waals surface area contributed by atoms with Crippen LogP contribution in [-0.2, 0) is 7.05 Å². The van der Waals surface area contributed by atoms with Gasteiger partial charge in [-0.3, -0.25) is 9.48 Å². The van der Waals surface area contributed by atoms with E-state index in [-0.39, 0.29) is 12.5 Å². The lowest BCUT2D eigenvalue weighted by Gasteiger charge is -2.00. The van der Waals surface area contributed by atoms with Crippen LogP contribution in [0.15, 0.2) is 12.3 Å². The Bertz CT molecular complexity index is 321. The summed E-state index contributed by atoms with van der Waals surface area (Å²) in [6.07, 6.45) is 6.54. The van der Waals surface area contributed by atoms with E-state index in [4.69, 9.17) is 6.42 Å². The summed E-state index contributed by atoms with van der Waals surface area (Å²) in [6.45, 7) is 0.240. The average molecular weight is 163 g/mol. The zero-order valence-electron chi connectivity index (χ0n) is 6.74. The first-order valence-electron chi connectivity index (χ1n) is 3.45. The molecule has 12 heavy (non-hydrogen) atoms. The first kappa shape index (κ1) is 8.34. The van der Waals surface area contributed by atoms with E-state index >= 15 is 0 Å². The summed E-state index contributed by atoms with van der Waals surface area (Å²) in [5.41, 5.74) is 0.505. The highest BCUT2D eigenvalue weighted by molar-refractivity contribution is 5.92. The Kier molecular flexibility index (Phi) is 2.49.